The van der Waals surface area contributed by atoms with Gasteiger partial charge in [0.25, 0.3) is 0 Å². The van der Waals surface area contributed by atoms with Crippen molar-refractivity contribution in [2.75, 3.05) is 0 Å². The first-order valence-electron chi connectivity index (χ1n) is 10.8. The topological polar surface area (TPSA) is 45.0 Å². The van der Waals surface area contributed by atoms with Crippen LogP contribution >= 0.6 is 11.6 Å². The lowest BCUT2D eigenvalue weighted by Crippen LogP contribution is -2.42. The second-order valence-electron chi connectivity index (χ2n) is 9.22. The summed E-state index contributed by atoms with van der Waals surface area (Å²) in [5, 5.41) is 19.0. The first-order valence-corrected chi connectivity index (χ1v) is 11.2. The molecule has 1 N–H and O–H groups in total. The van der Waals surface area contributed by atoms with Crippen LogP contribution in [-0.4, -0.2) is 17.0 Å². The summed E-state index contributed by atoms with van der Waals surface area (Å²) in [6.07, 6.45) is 7.97. The molecule has 0 aliphatic heterocycles. The van der Waals surface area contributed by atoms with Gasteiger partial charge >= 0.3 is 0 Å². The van der Waals surface area contributed by atoms with Crippen molar-refractivity contribution in [3.8, 4) is 5.75 Å². The third-order valence-corrected chi connectivity index (χ3v) is 8.15. The van der Waals surface area contributed by atoms with Crippen molar-refractivity contribution in [2.45, 2.75) is 51.4 Å². The second-order valence-corrected chi connectivity index (χ2v) is 9.63. The van der Waals surface area contributed by atoms with Gasteiger partial charge in [0.05, 0.1) is 11.2 Å². The van der Waals surface area contributed by atoms with Gasteiger partial charge in [0, 0.05) is 16.7 Å². The molecule has 4 atom stereocenters. The monoisotopic (exact) mass is 424 g/mol. The van der Waals surface area contributed by atoms with E-state index in [1.165, 1.54) is 29.8 Å². The Bertz CT molecular complexity index is 1030. The highest BCUT2D eigenvalue weighted by Crippen LogP contribution is 2.60. The molecule has 0 amide bonds. The summed E-state index contributed by atoms with van der Waals surface area (Å²) in [6.45, 7) is 2.34. The van der Waals surface area contributed by atoms with E-state index in [1.807, 2.05) is 12.1 Å². The number of benzene rings is 2. The number of halogens is 2. The maximum absolute atomic E-state index is 14.0. The molecule has 0 saturated heterocycles. The van der Waals surface area contributed by atoms with Crippen LogP contribution in [0.3, 0.4) is 0 Å². The predicted molar refractivity (Wildman–Crippen MR) is 119 cm³/mol. The van der Waals surface area contributed by atoms with Gasteiger partial charge in [0.15, 0.2) is 0 Å². The molecule has 5 heteroatoms. The third kappa shape index (κ3) is 3.17. The average molecular weight is 425 g/mol. The summed E-state index contributed by atoms with van der Waals surface area (Å²) in [7, 11) is 0. The van der Waals surface area contributed by atoms with Crippen LogP contribution in [0, 0.1) is 23.1 Å². The molecule has 5 rings (SSSR count). The van der Waals surface area contributed by atoms with Crippen LogP contribution in [0.15, 0.2) is 46.6 Å². The maximum Gasteiger partial charge on any atom is 0.133 e. The van der Waals surface area contributed by atoms with Gasteiger partial charge in [0.1, 0.15) is 11.6 Å². The Morgan fingerprint density at radius 3 is 2.87 bits per heavy atom. The Balaban J connectivity index is 1.40. The zero-order valence-electron chi connectivity index (χ0n) is 17.1. The van der Waals surface area contributed by atoms with Crippen molar-refractivity contribution in [3.63, 3.8) is 0 Å². The summed E-state index contributed by atoms with van der Waals surface area (Å²) in [5.74, 6) is 1.82. The van der Waals surface area contributed by atoms with E-state index in [0.717, 1.165) is 37.8 Å². The average Bonchev–Trinajstić information content (AvgIpc) is 3.06. The Kier molecular flexibility index (Phi) is 4.93. The molecule has 0 radical (unpaired) electrons. The van der Waals surface area contributed by atoms with Crippen LogP contribution in [-0.2, 0) is 6.42 Å². The fraction of sp³-hybridized carbons (Fsp3) is 0.440. The molecule has 3 nitrogen and oxygen atoms in total. The fourth-order valence-electron chi connectivity index (χ4n) is 6.31. The number of hydrogen-bond donors (Lipinski definition) is 1. The van der Waals surface area contributed by atoms with Crippen molar-refractivity contribution in [1.29, 1.82) is 0 Å². The normalized spacial score (nSPS) is 31.6. The lowest BCUT2D eigenvalue weighted by molar-refractivity contribution is 0.0955. The van der Waals surface area contributed by atoms with Crippen LogP contribution < -0.4 is 0 Å². The maximum atomic E-state index is 14.0. The quantitative estimate of drug-likeness (QED) is 0.433. The fourth-order valence-corrected chi connectivity index (χ4v) is 6.52. The summed E-state index contributed by atoms with van der Waals surface area (Å²) < 4.78 is 14.0. The first kappa shape index (κ1) is 19.7. The summed E-state index contributed by atoms with van der Waals surface area (Å²) >= 11 is 6.09. The SMILES string of the molecule is CC12CCC3c4ccc(O)cc4CCC3C1CC/C2=N\N=C\c1c(F)cccc1Cl. The van der Waals surface area contributed by atoms with Gasteiger partial charge < -0.3 is 5.11 Å². The van der Waals surface area contributed by atoms with Crippen LogP contribution in [0.1, 0.15) is 61.6 Å². The number of fused-ring (bicyclic) bond motifs is 5. The van der Waals surface area contributed by atoms with Gasteiger partial charge in [-0.05, 0) is 91.7 Å². The van der Waals surface area contributed by atoms with Gasteiger partial charge in [-0.2, -0.15) is 10.2 Å². The van der Waals surface area contributed by atoms with Gasteiger partial charge in [-0.1, -0.05) is 30.7 Å². The molecular weight excluding hydrogens is 399 g/mol. The summed E-state index contributed by atoms with van der Waals surface area (Å²) in [4.78, 5) is 0. The van der Waals surface area contributed by atoms with Crippen molar-refractivity contribution < 1.29 is 9.50 Å². The van der Waals surface area contributed by atoms with Crippen molar-refractivity contribution in [1.82, 2.24) is 0 Å². The lowest BCUT2D eigenvalue weighted by Gasteiger charge is -2.49. The van der Waals surface area contributed by atoms with Crippen molar-refractivity contribution in [2.24, 2.45) is 27.5 Å². The molecule has 0 spiro atoms. The number of nitrogens with zero attached hydrogens (tertiary/aromatic N) is 2. The minimum absolute atomic E-state index is 0.0615. The van der Waals surface area contributed by atoms with E-state index in [9.17, 15) is 9.50 Å². The molecule has 0 bridgehead atoms. The van der Waals surface area contributed by atoms with E-state index in [2.05, 4.69) is 23.2 Å². The Morgan fingerprint density at radius 2 is 2.03 bits per heavy atom. The molecule has 2 fully saturated rings. The number of aryl methyl sites for hydroxylation is 1. The van der Waals surface area contributed by atoms with Crippen LogP contribution in [0.2, 0.25) is 5.02 Å². The molecule has 2 aromatic carbocycles. The standard InChI is InChI=1S/C25H26ClFN2O/c1-25-12-11-18-17-8-6-16(30)13-15(17)5-7-19(18)21(25)9-10-24(25)29-28-14-20-22(26)3-2-4-23(20)27/h2-4,6,8,13-14,18-19,21,30H,5,7,9-12H2,1H3/b28-14+,29-24+. The highest BCUT2D eigenvalue weighted by Gasteiger charge is 2.53. The summed E-state index contributed by atoms with van der Waals surface area (Å²) in [6, 6.07) is 10.5. The Morgan fingerprint density at radius 1 is 1.17 bits per heavy atom. The highest BCUT2D eigenvalue weighted by molar-refractivity contribution is 6.33. The lowest BCUT2D eigenvalue weighted by atomic mass is 9.55. The van der Waals surface area contributed by atoms with Crippen molar-refractivity contribution in [3.05, 3.63) is 63.9 Å². The van der Waals surface area contributed by atoms with Crippen LogP contribution in [0.5, 0.6) is 5.75 Å². The van der Waals surface area contributed by atoms with E-state index in [-0.39, 0.29) is 11.2 Å². The van der Waals surface area contributed by atoms with E-state index in [4.69, 9.17) is 11.6 Å². The van der Waals surface area contributed by atoms with Crippen LogP contribution in [0.4, 0.5) is 4.39 Å². The first-order chi connectivity index (χ1) is 14.5. The number of rotatable bonds is 2. The number of phenolic OH excluding ortho intramolecular Hbond substituents is 1. The van der Waals surface area contributed by atoms with Gasteiger partial charge in [-0.3, -0.25) is 0 Å². The second kappa shape index (κ2) is 7.49. The molecule has 30 heavy (non-hydrogen) atoms. The smallest absolute Gasteiger partial charge is 0.133 e. The Labute approximate surface area is 181 Å². The van der Waals surface area contributed by atoms with E-state index in [1.54, 1.807) is 12.1 Å². The molecule has 0 heterocycles. The predicted octanol–water partition coefficient (Wildman–Crippen LogP) is 6.52. The van der Waals surface area contributed by atoms with Crippen molar-refractivity contribution >= 4 is 23.5 Å². The van der Waals surface area contributed by atoms with E-state index in [0.29, 0.717) is 34.1 Å². The molecule has 4 unspecified atom stereocenters. The minimum Gasteiger partial charge on any atom is -0.508 e. The molecule has 2 saturated carbocycles. The van der Waals surface area contributed by atoms with Crippen LogP contribution in [0.25, 0.3) is 0 Å². The molecule has 0 aromatic heterocycles. The molecule has 156 valence electrons. The third-order valence-electron chi connectivity index (χ3n) is 7.82. The molecule has 3 aliphatic carbocycles. The Hall–Kier alpha value is -2.20. The highest BCUT2D eigenvalue weighted by atomic mass is 35.5. The number of phenols is 1. The summed E-state index contributed by atoms with van der Waals surface area (Å²) in [5.41, 5.74) is 4.25. The van der Waals surface area contributed by atoms with Gasteiger partial charge in [-0.25, -0.2) is 4.39 Å². The number of hydrogen-bond acceptors (Lipinski definition) is 3. The largest absolute Gasteiger partial charge is 0.508 e. The van der Waals surface area contributed by atoms with Gasteiger partial charge in [0.2, 0.25) is 0 Å². The molecule has 3 aliphatic rings. The molecular formula is C25H26ClFN2O. The van der Waals surface area contributed by atoms with E-state index >= 15 is 0 Å². The zero-order chi connectivity index (χ0) is 20.9. The van der Waals surface area contributed by atoms with Gasteiger partial charge in [-0.15, -0.1) is 0 Å². The minimum atomic E-state index is -0.380. The van der Waals surface area contributed by atoms with E-state index < -0.39 is 0 Å². The zero-order valence-corrected chi connectivity index (χ0v) is 17.9. The molecule has 2 aromatic rings. The number of aromatic hydroxyl groups is 1.